The zero-order valence-electron chi connectivity index (χ0n) is 9.01. The monoisotopic (exact) mass is 226 g/mol. The van der Waals surface area contributed by atoms with Gasteiger partial charge in [0.2, 0.25) is 0 Å². The van der Waals surface area contributed by atoms with Gasteiger partial charge in [-0.25, -0.2) is 4.79 Å². The van der Waals surface area contributed by atoms with Crippen LogP contribution in [-0.4, -0.2) is 17.7 Å². The minimum absolute atomic E-state index is 0.304. The molecule has 17 heavy (non-hydrogen) atoms. The van der Waals surface area contributed by atoms with Crippen molar-refractivity contribution in [3.8, 4) is 5.75 Å². The van der Waals surface area contributed by atoms with E-state index in [1.165, 1.54) is 0 Å². The van der Waals surface area contributed by atoms with E-state index in [1.807, 2.05) is 30.4 Å². The first-order chi connectivity index (χ1) is 8.25. The van der Waals surface area contributed by atoms with Crippen molar-refractivity contribution in [2.45, 2.75) is 0 Å². The Bertz CT molecular complexity index is 641. The normalized spacial score (nSPS) is 13.2. The molecule has 0 fully saturated rings. The van der Waals surface area contributed by atoms with Gasteiger partial charge < -0.3 is 9.84 Å². The molecule has 0 unspecified atom stereocenters. The predicted molar refractivity (Wildman–Crippen MR) is 65.4 cm³/mol. The fourth-order valence-corrected chi connectivity index (χ4v) is 2.07. The average Bonchev–Trinajstić information content (AvgIpc) is 2.38. The maximum Gasteiger partial charge on any atom is 0.335 e. The van der Waals surface area contributed by atoms with Crippen LogP contribution in [0, 0.1) is 0 Å². The summed E-state index contributed by atoms with van der Waals surface area (Å²) < 4.78 is 5.51. The van der Waals surface area contributed by atoms with Crippen LogP contribution in [0.25, 0.3) is 16.8 Å². The predicted octanol–water partition coefficient (Wildman–Crippen LogP) is 2.94. The second-order valence-electron chi connectivity index (χ2n) is 3.93. The molecule has 0 bridgehead atoms. The highest BCUT2D eigenvalue weighted by Crippen LogP contribution is 2.31. The molecule has 3 heteroatoms. The van der Waals surface area contributed by atoms with Crippen LogP contribution in [0.1, 0.15) is 15.9 Å². The number of carbonyl (C=O) groups is 1. The zero-order valence-corrected chi connectivity index (χ0v) is 9.01. The van der Waals surface area contributed by atoms with Gasteiger partial charge in [0.25, 0.3) is 0 Å². The third-order valence-electron chi connectivity index (χ3n) is 2.89. The topological polar surface area (TPSA) is 46.5 Å². The van der Waals surface area contributed by atoms with E-state index in [4.69, 9.17) is 9.84 Å². The van der Waals surface area contributed by atoms with E-state index in [1.54, 1.807) is 12.1 Å². The van der Waals surface area contributed by atoms with E-state index in [2.05, 4.69) is 0 Å². The molecule has 0 aromatic heterocycles. The molecular formula is C14H10O3. The molecule has 0 spiro atoms. The number of carboxylic acid groups (broad SMARTS) is 1. The Kier molecular flexibility index (Phi) is 2.11. The number of ether oxygens (including phenoxy) is 1. The van der Waals surface area contributed by atoms with Crippen molar-refractivity contribution < 1.29 is 14.6 Å². The number of fused-ring (bicyclic) bond motifs is 3. The molecule has 0 saturated heterocycles. The van der Waals surface area contributed by atoms with Crippen LogP contribution in [0.4, 0.5) is 0 Å². The molecule has 3 nitrogen and oxygen atoms in total. The smallest absolute Gasteiger partial charge is 0.335 e. The Hall–Kier alpha value is -2.29. The number of benzene rings is 2. The van der Waals surface area contributed by atoms with Gasteiger partial charge in [-0.2, -0.15) is 0 Å². The summed E-state index contributed by atoms with van der Waals surface area (Å²) >= 11 is 0. The van der Waals surface area contributed by atoms with E-state index in [0.717, 1.165) is 22.1 Å². The summed E-state index contributed by atoms with van der Waals surface area (Å²) in [7, 11) is 0. The Labute approximate surface area is 97.9 Å². The van der Waals surface area contributed by atoms with Crippen LogP contribution in [0.15, 0.2) is 36.4 Å². The van der Waals surface area contributed by atoms with Crippen molar-refractivity contribution in [3.63, 3.8) is 0 Å². The maximum absolute atomic E-state index is 10.9. The zero-order chi connectivity index (χ0) is 11.8. The summed E-state index contributed by atoms with van der Waals surface area (Å²) in [5, 5.41) is 10.9. The molecule has 0 saturated carbocycles. The Balaban J connectivity index is 2.29. The molecule has 0 aliphatic carbocycles. The van der Waals surface area contributed by atoms with E-state index < -0.39 is 5.97 Å². The Morgan fingerprint density at radius 1 is 1.24 bits per heavy atom. The molecule has 0 radical (unpaired) electrons. The molecule has 1 aliphatic heterocycles. The van der Waals surface area contributed by atoms with Gasteiger partial charge in [-0.05, 0) is 35.0 Å². The first-order valence-corrected chi connectivity index (χ1v) is 5.35. The third-order valence-corrected chi connectivity index (χ3v) is 2.89. The van der Waals surface area contributed by atoms with E-state index in [-0.39, 0.29) is 0 Å². The molecule has 1 N–H and O–H groups in total. The fraction of sp³-hybridized carbons (Fsp3) is 0.0714. The lowest BCUT2D eigenvalue weighted by Gasteiger charge is -2.14. The number of hydrogen-bond acceptors (Lipinski definition) is 2. The lowest BCUT2D eigenvalue weighted by Crippen LogP contribution is -2.01. The van der Waals surface area contributed by atoms with E-state index >= 15 is 0 Å². The van der Waals surface area contributed by atoms with Gasteiger partial charge in [-0.15, -0.1) is 0 Å². The summed E-state index contributed by atoms with van der Waals surface area (Å²) in [6.45, 7) is 0.589. The van der Waals surface area contributed by atoms with Crippen molar-refractivity contribution in [2.75, 3.05) is 6.61 Å². The quantitative estimate of drug-likeness (QED) is 0.813. The van der Waals surface area contributed by atoms with Crippen LogP contribution in [0.2, 0.25) is 0 Å². The summed E-state index contributed by atoms with van der Waals surface area (Å²) in [4.78, 5) is 10.9. The number of hydrogen-bond donors (Lipinski definition) is 1. The van der Waals surface area contributed by atoms with Gasteiger partial charge in [-0.1, -0.05) is 18.2 Å². The highest BCUT2D eigenvalue weighted by Gasteiger charge is 2.11. The summed E-state index contributed by atoms with van der Waals surface area (Å²) in [5.74, 6) is -0.0560. The second kappa shape index (κ2) is 3.63. The first-order valence-electron chi connectivity index (χ1n) is 5.35. The molecule has 0 amide bonds. The van der Waals surface area contributed by atoms with E-state index in [0.29, 0.717) is 12.2 Å². The SMILES string of the molecule is O=C(O)c1ccc2c3c(ccc2c1)OCC=C3. The molecular weight excluding hydrogens is 216 g/mol. The Morgan fingerprint density at radius 2 is 2.12 bits per heavy atom. The maximum atomic E-state index is 10.9. The first kappa shape index (κ1) is 9.90. The van der Waals surface area contributed by atoms with Crippen LogP contribution in [0.5, 0.6) is 5.75 Å². The van der Waals surface area contributed by atoms with Crippen molar-refractivity contribution in [3.05, 3.63) is 47.5 Å². The summed E-state index contributed by atoms with van der Waals surface area (Å²) in [6.07, 6.45) is 3.97. The Morgan fingerprint density at radius 3 is 2.94 bits per heavy atom. The fourth-order valence-electron chi connectivity index (χ4n) is 2.07. The number of aromatic carboxylic acids is 1. The van der Waals surface area contributed by atoms with Crippen LogP contribution < -0.4 is 4.74 Å². The third kappa shape index (κ3) is 1.56. The van der Waals surface area contributed by atoms with Crippen molar-refractivity contribution >= 4 is 22.8 Å². The molecule has 1 heterocycles. The lowest BCUT2D eigenvalue weighted by molar-refractivity contribution is 0.0697. The number of carboxylic acids is 1. The van der Waals surface area contributed by atoms with Crippen molar-refractivity contribution in [2.24, 2.45) is 0 Å². The van der Waals surface area contributed by atoms with Gasteiger partial charge in [0.05, 0.1) is 5.56 Å². The highest BCUT2D eigenvalue weighted by molar-refractivity contribution is 5.98. The van der Waals surface area contributed by atoms with Gasteiger partial charge in [-0.3, -0.25) is 0 Å². The van der Waals surface area contributed by atoms with Crippen LogP contribution in [-0.2, 0) is 0 Å². The molecule has 84 valence electrons. The van der Waals surface area contributed by atoms with Crippen LogP contribution >= 0.6 is 0 Å². The largest absolute Gasteiger partial charge is 0.489 e. The average molecular weight is 226 g/mol. The van der Waals surface area contributed by atoms with Gasteiger partial charge in [0.1, 0.15) is 12.4 Å². The minimum atomic E-state index is -0.906. The van der Waals surface area contributed by atoms with Crippen LogP contribution in [0.3, 0.4) is 0 Å². The molecule has 3 rings (SSSR count). The summed E-state index contributed by atoms with van der Waals surface area (Å²) in [5.41, 5.74) is 1.32. The van der Waals surface area contributed by atoms with E-state index in [9.17, 15) is 4.79 Å². The van der Waals surface area contributed by atoms with Crippen molar-refractivity contribution in [1.29, 1.82) is 0 Å². The molecule has 0 atom stereocenters. The highest BCUT2D eigenvalue weighted by atomic mass is 16.5. The van der Waals surface area contributed by atoms with Crippen molar-refractivity contribution in [1.82, 2.24) is 0 Å². The van der Waals surface area contributed by atoms with Gasteiger partial charge in [0, 0.05) is 5.56 Å². The summed E-state index contributed by atoms with van der Waals surface area (Å²) in [6, 6.07) is 8.90. The molecule has 2 aromatic carbocycles. The second-order valence-corrected chi connectivity index (χ2v) is 3.93. The minimum Gasteiger partial charge on any atom is -0.489 e. The molecule has 2 aromatic rings. The molecule has 1 aliphatic rings. The van der Waals surface area contributed by atoms with Gasteiger partial charge in [0.15, 0.2) is 0 Å². The number of rotatable bonds is 1. The lowest BCUT2D eigenvalue weighted by atomic mass is 10.00. The standard InChI is InChI=1S/C14H10O3/c15-14(16)10-3-5-11-9(8-10)4-6-13-12(11)2-1-7-17-13/h1-6,8H,7H2,(H,15,16). The van der Waals surface area contributed by atoms with Gasteiger partial charge >= 0.3 is 5.97 Å².